The average molecular weight is 272 g/mol. The number of aliphatic carboxylic acids is 1. The molecule has 0 unspecified atom stereocenters. The lowest BCUT2D eigenvalue weighted by Crippen LogP contribution is -2.44. The topological polar surface area (TPSA) is 148 Å². The number of methoxy groups -OCH3 is 1. The van der Waals surface area contributed by atoms with Gasteiger partial charge in [-0.05, 0) is 5.21 Å². The Morgan fingerprint density at radius 1 is 1.47 bits per heavy atom. The summed E-state index contributed by atoms with van der Waals surface area (Å²) in [6, 6.07) is -2.28. The molecule has 0 saturated heterocycles. The van der Waals surface area contributed by atoms with E-state index in [1.165, 1.54) is 7.05 Å². The molecule has 0 spiro atoms. The number of aryl methyl sites for hydroxylation is 1. The second kappa shape index (κ2) is 6.28. The molecule has 11 nitrogen and oxygen atoms in total. The van der Waals surface area contributed by atoms with E-state index in [-0.39, 0.29) is 5.95 Å². The average Bonchev–Trinajstić information content (AvgIpc) is 2.73. The predicted octanol–water partition coefficient (Wildman–Crippen LogP) is -1.65. The Balaban J connectivity index is 2.56. The fraction of sp³-hybridized carbons (Fsp3) is 0.500. The fourth-order valence-electron chi connectivity index (χ4n) is 1.08. The zero-order chi connectivity index (χ0) is 14.4. The van der Waals surface area contributed by atoms with Crippen LogP contribution in [0.1, 0.15) is 6.42 Å². The van der Waals surface area contributed by atoms with Crippen molar-refractivity contribution < 1.29 is 24.2 Å². The van der Waals surface area contributed by atoms with Crippen molar-refractivity contribution in [2.75, 3.05) is 12.4 Å². The van der Waals surface area contributed by atoms with E-state index in [1.54, 1.807) is 0 Å². The molecular weight excluding hydrogens is 260 g/mol. The normalized spacial score (nSPS) is 11.5. The molecule has 1 heterocycles. The van der Waals surface area contributed by atoms with E-state index in [4.69, 9.17) is 5.11 Å². The number of hydrogen-bond donors (Lipinski definition) is 3. The quantitative estimate of drug-likeness (QED) is 0.540. The molecule has 0 saturated carbocycles. The first-order valence-corrected chi connectivity index (χ1v) is 5.03. The van der Waals surface area contributed by atoms with E-state index in [9.17, 15) is 14.4 Å². The number of urea groups is 1. The van der Waals surface area contributed by atoms with E-state index in [0.29, 0.717) is 0 Å². The van der Waals surface area contributed by atoms with Crippen LogP contribution in [0.3, 0.4) is 0 Å². The number of hydrogen-bond acceptors (Lipinski definition) is 7. The number of anilines is 1. The molecule has 3 N–H and O–H groups in total. The van der Waals surface area contributed by atoms with Gasteiger partial charge in [0.05, 0.1) is 20.6 Å². The third-order valence-corrected chi connectivity index (χ3v) is 1.94. The van der Waals surface area contributed by atoms with E-state index >= 15 is 0 Å². The van der Waals surface area contributed by atoms with Gasteiger partial charge in [-0.1, -0.05) is 5.10 Å². The number of esters is 1. The lowest BCUT2D eigenvalue weighted by Gasteiger charge is -2.12. The van der Waals surface area contributed by atoms with Crippen LogP contribution in [0.25, 0.3) is 0 Å². The fourth-order valence-corrected chi connectivity index (χ4v) is 1.08. The number of rotatable bonds is 5. The van der Waals surface area contributed by atoms with E-state index < -0.39 is 30.4 Å². The number of carboxylic acids is 1. The van der Waals surface area contributed by atoms with Gasteiger partial charge in [0.2, 0.25) is 0 Å². The standard InChI is InChI=1S/C8H12N6O5/c1-14-12-7(11-13-14)10-8(18)9-4(6(16)17)3-5(15)19-2/h4H,3H2,1-2H3,(H,16,17)(H2,9,10,12,18)/t4-/m0/s1. The second-order valence-corrected chi connectivity index (χ2v) is 3.37. The highest BCUT2D eigenvalue weighted by Crippen LogP contribution is 1.97. The van der Waals surface area contributed by atoms with E-state index in [0.717, 1.165) is 11.9 Å². The SMILES string of the molecule is COC(=O)C[C@H](NC(=O)Nc1nnn(C)n1)C(=O)O. The molecule has 0 radical (unpaired) electrons. The van der Waals surface area contributed by atoms with Gasteiger partial charge in [-0.2, -0.15) is 4.80 Å². The number of nitrogens with zero attached hydrogens (tertiary/aromatic N) is 4. The largest absolute Gasteiger partial charge is 0.480 e. The minimum Gasteiger partial charge on any atom is -0.480 e. The molecule has 0 aromatic carbocycles. The van der Waals surface area contributed by atoms with E-state index in [1.807, 2.05) is 0 Å². The smallest absolute Gasteiger partial charge is 0.326 e. The molecule has 1 aromatic heterocycles. The van der Waals surface area contributed by atoms with Crippen molar-refractivity contribution in [3.63, 3.8) is 0 Å². The number of carbonyl (C=O) groups excluding carboxylic acids is 2. The number of amides is 2. The van der Waals surface area contributed by atoms with Gasteiger partial charge in [-0.3, -0.25) is 10.1 Å². The van der Waals surface area contributed by atoms with Crippen LogP contribution in [0.2, 0.25) is 0 Å². The minimum atomic E-state index is -1.41. The summed E-state index contributed by atoms with van der Waals surface area (Å²) in [5, 5.41) is 23.7. The third kappa shape index (κ3) is 4.57. The van der Waals surface area contributed by atoms with Crippen LogP contribution in [-0.2, 0) is 21.4 Å². The highest BCUT2D eigenvalue weighted by molar-refractivity contribution is 5.92. The first-order valence-electron chi connectivity index (χ1n) is 5.03. The van der Waals surface area contributed by atoms with Crippen LogP contribution >= 0.6 is 0 Å². The summed E-state index contributed by atoms with van der Waals surface area (Å²) in [7, 11) is 2.61. The molecule has 1 aromatic rings. The van der Waals surface area contributed by atoms with Crippen molar-refractivity contribution in [2.45, 2.75) is 12.5 Å². The van der Waals surface area contributed by atoms with Crippen molar-refractivity contribution >= 4 is 23.9 Å². The number of aromatic nitrogens is 4. The molecule has 2 amide bonds. The van der Waals surface area contributed by atoms with Gasteiger partial charge < -0.3 is 15.2 Å². The lowest BCUT2D eigenvalue weighted by atomic mass is 10.2. The van der Waals surface area contributed by atoms with Gasteiger partial charge in [0.25, 0.3) is 5.95 Å². The van der Waals surface area contributed by atoms with Crippen molar-refractivity contribution in [1.82, 2.24) is 25.5 Å². The van der Waals surface area contributed by atoms with Gasteiger partial charge in [-0.25, -0.2) is 9.59 Å². The Morgan fingerprint density at radius 3 is 2.63 bits per heavy atom. The molecule has 1 atom stereocenters. The molecule has 0 bridgehead atoms. The maximum absolute atomic E-state index is 11.5. The maximum atomic E-state index is 11.5. The zero-order valence-electron chi connectivity index (χ0n) is 10.2. The van der Waals surface area contributed by atoms with Gasteiger partial charge >= 0.3 is 18.0 Å². The molecule has 0 aliphatic carbocycles. The summed E-state index contributed by atoms with van der Waals surface area (Å²) in [6.07, 6.45) is -0.493. The van der Waals surface area contributed by atoms with Gasteiger partial charge in [-0.15, -0.1) is 5.10 Å². The molecule has 19 heavy (non-hydrogen) atoms. The minimum absolute atomic E-state index is 0.0952. The summed E-state index contributed by atoms with van der Waals surface area (Å²) < 4.78 is 4.32. The molecule has 0 aliphatic rings. The summed E-state index contributed by atoms with van der Waals surface area (Å²) in [5.41, 5.74) is 0. The summed E-state index contributed by atoms with van der Waals surface area (Å²) in [5.74, 6) is -2.22. The molecule has 0 aliphatic heterocycles. The number of carbonyl (C=O) groups is 3. The lowest BCUT2D eigenvalue weighted by molar-refractivity contribution is -0.147. The monoisotopic (exact) mass is 272 g/mol. The molecule has 0 fully saturated rings. The third-order valence-electron chi connectivity index (χ3n) is 1.94. The highest BCUT2D eigenvalue weighted by Gasteiger charge is 2.24. The van der Waals surface area contributed by atoms with Crippen molar-refractivity contribution in [3.05, 3.63) is 0 Å². The van der Waals surface area contributed by atoms with Crippen LogP contribution in [0, 0.1) is 0 Å². The van der Waals surface area contributed by atoms with Crippen molar-refractivity contribution in [2.24, 2.45) is 7.05 Å². The Bertz CT molecular complexity index is 486. The molecule has 104 valence electrons. The number of tetrazole rings is 1. The Kier molecular flexibility index (Phi) is 4.74. The van der Waals surface area contributed by atoms with Crippen molar-refractivity contribution in [1.29, 1.82) is 0 Å². The Morgan fingerprint density at radius 2 is 2.16 bits per heavy atom. The number of carboxylic acid groups (broad SMARTS) is 1. The van der Waals surface area contributed by atoms with Crippen LogP contribution in [0.5, 0.6) is 0 Å². The van der Waals surface area contributed by atoms with Gasteiger partial charge in [0, 0.05) is 0 Å². The van der Waals surface area contributed by atoms with Crippen LogP contribution in [0.15, 0.2) is 0 Å². The first kappa shape index (κ1) is 14.3. The first-order chi connectivity index (χ1) is 8.92. The predicted molar refractivity (Wildman–Crippen MR) is 59.0 cm³/mol. The number of nitrogens with one attached hydrogen (secondary N) is 2. The van der Waals surface area contributed by atoms with Crippen molar-refractivity contribution in [3.8, 4) is 0 Å². The van der Waals surface area contributed by atoms with Crippen LogP contribution in [-0.4, -0.2) is 56.4 Å². The van der Waals surface area contributed by atoms with Gasteiger partial charge in [0.15, 0.2) is 0 Å². The summed E-state index contributed by atoms with van der Waals surface area (Å²) in [6.45, 7) is 0. The van der Waals surface area contributed by atoms with Crippen LogP contribution in [0.4, 0.5) is 10.7 Å². The highest BCUT2D eigenvalue weighted by atomic mass is 16.5. The molecule has 11 heteroatoms. The molecule has 1 rings (SSSR count). The zero-order valence-corrected chi connectivity index (χ0v) is 10.2. The summed E-state index contributed by atoms with van der Waals surface area (Å²) in [4.78, 5) is 34.4. The summed E-state index contributed by atoms with van der Waals surface area (Å²) >= 11 is 0. The van der Waals surface area contributed by atoms with E-state index in [2.05, 4.69) is 30.8 Å². The van der Waals surface area contributed by atoms with Crippen LogP contribution < -0.4 is 10.6 Å². The maximum Gasteiger partial charge on any atom is 0.326 e. The van der Waals surface area contributed by atoms with Gasteiger partial charge in [0.1, 0.15) is 6.04 Å². The Labute approximate surface area is 106 Å². The number of ether oxygens (including phenoxy) is 1. The molecular formula is C8H12N6O5. The second-order valence-electron chi connectivity index (χ2n) is 3.37. The Hall–Kier alpha value is -2.72.